The van der Waals surface area contributed by atoms with Gasteiger partial charge in [0, 0.05) is 0 Å². The van der Waals surface area contributed by atoms with Gasteiger partial charge in [-0.15, -0.1) is 0 Å². The number of halogens is 4. The average Bonchev–Trinajstić information content (AvgIpc) is 2.19. The van der Waals surface area contributed by atoms with Crippen molar-refractivity contribution < 1.29 is 13.2 Å². The van der Waals surface area contributed by atoms with Crippen LogP contribution in [0, 0.1) is 17.5 Å². The highest BCUT2D eigenvalue weighted by Crippen LogP contribution is 2.22. The second-order valence-electron chi connectivity index (χ2n) is 2.62. The molecule has 0 aliphatic rings. The summed E-state index contributed by atoms with van der Waals surface area (Å²) >= 11 is 7.07. The molecule has 0 bridgehead atoms. The van der Waals surface area contributed by atoms with Crippen LogP contribution in [0.2, 0.25) is 0 Å². The van der Waals surface area contributed by atoms with E-state index in [9.17, 15) is 13.2 Å². The van der Waals surface area contributed by atoms with Crippen LogP contribution in [0.25, 0.3) is 0 Å². The summed E-state index contributed by atoms with van der Waals surface area (Å²) in [5, 5.41) is 3.16. The first-order chi connectivity index (χ1) is 7.43. The normalized spacial score (nSPS) is 10.8. The Hall–Kier alpha value is -1.15. The van der Waals surface area contributed by atoms with Crippen LogP contribution in [0.5, 0.6) is 0 Å². The summed E-state index contributed by atoms with van der Waals surface area (Å²) in [7, 11) is 0. The van der Waals surface area contributed by atoms with Gasteiger partial charge in [-0.2, -0.15) is 5.10 Å². The Labute approximate surface area is 103 Å². The van der Waals surface area contributed by atoms with Gasteiger partial charge in [0.15, 0.2) is 16.7 Å². The minimum Gasteiger partial charge on any atom is -0.375 e. The van der Waals surface area contributed by atoms with Crippen molar-refractivity contribution in [2.24, 2.45) is 10.8 Å². The van der Waals surface area contributed by atoms with Gasteiger partial charge in [0.25, 0.3) is 0 Å². The van der Waals surface area contributed by atoms with Crippen molar-refractivity contribution in [2.45, 2.75) is 0 Å². The molecule has 86 valence electrons. The van der Waals surface area contributed by atoms with E-state index in [2.05, 4.69) is 38.7 Å². The van der Waals surface area contributed by atoms with Crippen LogP contribution in [0.3, 0.4) is 0 Å². The lowest BCUT2D eigenvalue weighted by atomic mass is 10.2. The second kappa shape index (κ2) is 5.26. The highest BCUT2D eigenvalue weighted by atomic mass is 79.9. The van der Waals surface area contributed by atoms with Crippen molar-refractivity contribution >= 4 is 39.5 Å². The second-order valence-corrected chi connectivity index (χ2v) is 3.91. The molecule has 1 rings (SSSR count). The molecule has 0 atom stereocenters. The quantitative estimate of drug-likeness (QED) is 0.289. The summed E-state index contributed by atoms with van der Waals surface area (Å²) in [6.07, 6.45) is 0.749. The highest BCUT2D eigenvalue weighted by Gasteiger charge is 2.15. The first-order valence-electron chi connectivity index (χ1n) is 3.85. The molecule has 3 N–H and O–H groups in total. The zero-order chi connectivity index (χ0) is 12.3. The number of benzene rings is 1. The molecule has 3 nitrogen and oxygen atoms in total. The van der Waals surface area contributed by atoms with Crippen molar-refractivity contribution in [3.63, 3.8) is 0 Å². The summed E-state index contributed by atoms with van der Waals surface area (Å²) in [5.41, 5.74) is 6.50. The first-order valence-corrected chi connectivity index (χ1v) is 5.05. The SMILES string of the molecule is NC(=S)NN=Cc1c(F)cc(Br)c(F)c1F. The third-order valence-corrected chi connectivity index (χ3v) is 2.19. The lowest BCUT2D eigenvalue weighted by Crippen LogP contribution is -2.24. The fourth-order valence-electron chi connectivity index (χ4n) is 0.859. The minimum absolute atomic E-state index is 0.172. The topological polar surface area (TPSA) is 50.4 Å². The Kier molecular flexibility index (Phi) is 4.25. The van der Waals surface area contributed by atoms with E-state index in [1.54, 1.807) is 0 Å². The van der Waals surface area contributed by atoms with Crippen LogP contribution in [0.1, 0.15) is 5.56 Å². The minimum atomic E-state index is -1.35. The first kappa shape index (κ1) is 12.9. The van der Waals surface area contributed by atoms with Gasteiger partial charge >= 0.3 is 0 Å². The molecule has 1 aromatic rings. The maximum Gasteiger partial charge on any atom is 0.184 e. The Morgan fingerprint density at radius 3 is 2.62 bits per heavy atom. The summed E-state index contributed by atoms with van der Waals surface area (Å²) in [5.74, 6) is -3.50. The number of nitrogens with zero attached hydrogens (tertiary/aromatic N) is 1. The maximum atomic E-state index is 13.2. The van der Waals surface area contributed by atoms with Gasteiger partial charge < -0.3 is 5.73 Å². The molecule has 0 aliphatic carbocycles. The van der Waals surface area contributed by atoms with E-state index in [-0.39, 0.29) is 9.59 Å². The number of nitrogens with two attached hydrogens (primary N) is 1. The van der Waals surface area contributed by atoms with E-state index < -0.39 is 23.0 Å². The van der Waals surface area contributed by atoms with E-state index in [0.29, 0.717) is 0 Å². The molecule has 0 aromatic heterocycles. The smallest absolute Gasteiger partial charge is 0.184 e. The number of rotatable bonds is 2. The highest BCUT2D eigenvalue weighted by molar-refractivity contribution is 9.10. The fraction of sp³-hybridized carbons (Fsp3) is 0. The molecular formula is C8H5BrF3N3S. The van der Waals surface area contributed by atoms with E-state index in [0.717, 1.165) is 12.3 Å². The van der Waals surface area contributed by atoms with Crippen molar-refractivity contribution in [1.82, 2.24) is 5.43 Å². The van der Waals surface area contributed by atoms with E-state index >= 15 is 0 Å². The zero-order valence-electron chi connectivity index (χ0n) is 7.60. The molecule has 0 amide bonds. The Bertz CT molecular complexity index is 464. The van der Waals surface area contributed by atoms with Gasteiger partial charge in [-0.25, -0.2) is 13.2 Å². The molecule has 0 spiro atoms. The lowest BCUT2D eigenvalue weighted by molar-refractivity contribution is 0.488. The van der Waals surface area contributed by atoms with Gasteiger partial charge in [-0.05, 0) is 34.2 Å². The fourth-order valence-corrected chi connectivity index (χ4v) is 1.29. The summed E-state index contributed by atoms with van der Waals surface area (Å²) in [6, 6.07) is 0.792. The standard InChI is InChI=1S/C8H5BrF3N3S/c9-4-1-5(10)3(6(11)7(4)12)2-14-15-8(13)16/h1-2H,(H3,13,15,16). The van der Waals surface area contributed by atoms with Crippen molar-refractivity contribution in [2.75, 3.05) is 0 Å². The van der Waals surface area contributed by atoms with E-state index in [4.69, 9.17) is 5.73 Å². The largest absolute Gasteiger partial charge is 0.375 e. The average molecular weight is 312 g/mol. The number of hydrogen-bond donors (Lipinski definition) is 2. The van der Waals surface area contributed by atoms with Crippen LogP contribution >= 0.6 is 28.1 Å². The monoisotopic (exact) mass is 311 g/mol. The summed E-state index contributed by atoms with van der Waals surface area (Å²) < 4.78 is 39.1. The molecule has 0 unspecified atom stereocenters. The van der Waals surface area contributed by atoms with Crippen LogP contribution in [-0.2, 0) is 0 Å². The molecule has 0 saturated carbocycles. The number of hydrazone groups is 1. The summed E-state index contributed by atoms with van der Waals surface area (Å²) in [4.78, 5) is 0. The number of thiocarbonyl (C=S) groups is 1. The molecule has 1 aromatic carbocycles. The third kappa shape index (κ3) is 2.92. The van der Waals surface area contributed by atoms with Gasteiger partial charge in [-0.1, -0.05) is 0 Å². The Balaban J connectivity index is 3.09. The van der Waals surface area contributed by atoms with Crippen LogP contribution in [0.15, 0.2) is 15.6 Å². The molecule has 16 heavy (non-hydrogen) atoms. The lowest BCUT2D eigenvalue weighted by Gasteiger charge is -2.02. The molecular weight excluding hydrogens is 307 g/mol. The molecule has 0 radical (unpaired) electrons. The van der Waals surface area contributed by atoms with E-state index in [1.807, 2.05) is 0 Å². The molecule has 0 heterocycles. The van der Waals surface area contributed by atoms with Gasteiger partial charge in [0.1, 0.15) is 5.82 Å². The molecule has 0 saturated heterocycles. The van der Waals surface area contributed by atoms with Crippen molar-refractivity contribution in [3.05, 3.63) is 33.6 Å². The van der Waals surface area contributed by atoms with Gasteiger partial charge in [0.2, 0.25) is 0 Å². The van der Waals surface area contributed by atoms with Crippen LogP contribution in [-0.4, -0.2) is 11.3 Å². The zero-order valence-corrected chi connectivity index (χ0v) is 10.0. The predicted octanol–water partition coefficient (Wildman–Crippen LogP) is 2.03. The molecule has 0 aliphatic heterocycles. The van der Waals surface area contributed by atoms with Gasteiger partial charge in [0.05, 0.1) is 16.3 Å². The Morgan fingerprint density at radius 1 is 1.44 bits per heavy atom. The maximum absolute atomic E-state index is 13.2. The van der Waals surface area contributed by atoms with Crippen LogP contribution < -0.4 is 11.2 Å². The van der Waals surface area contributed by atoms with E-state index in [1.165, 1.54) is 0 Å². The van der Waals surface area contributed by atoms with Gasteiger partial charge in [-0.3, -0.25) is 5.43 Å². The van der Waals surface area contributed by atoms with Crippen LogP contribution in [0.4, 0.5) is 13.2 Å². The number of nitrogens with one attached hydrogen (secondary N) is 1. The number of hydrogen-bond acceptors (Lipinski definition) is 2. The van der Waals surface area contributed by atoms with Crippen molar-refractivity contribution in [3.8, 4) is 0 Å². The summed E-state index contributed by atoms with van der Waals surface area (Å²) in [6.45, 7) is 0. The molecule has 8 heteroatoms. The van der Waals surface area contributed by atoms with Crippen molar-refractivity contribution in [1.29, 1.82) is 0 Å². The Morgan fingerprint density at radius 2 is 2.06 bits per heavy atom. The predicted molar refractivity (Wildman–Crippen MR) is 61.5 cm³/mol. The third-order valence-electron chi connectivity index (χ3n) is 1.52. The molecule has 0 fully saturated rings.